The number of methoxy groups -OCH3 is 1. The van der Waals surface area contributed by atoms with Gasteiger partial charge in [0.1, 0.15) is 10.6 Å². The van der Waals surface area contributed by atoms with E-state index in [0.29, 0.717) is 41.8 Å². The zero-order valence-corrected chi connectivity index (χ0v) is 20.1. The number of rotatable bonds is 7. The van der Waals surface area contributed by atoms with Crippen molar-refractivity contribution < 1.29 is 31.1 Å². The maximum absolute atomic E-state index is 13.6. The van der Waals surface area contributed by atoms with Crippen LogP contribution in [-0.4, -0.2) is 44.1 Å². The summed E-state index contributed by atoms with van der Waals surface area (Å²) in [6.45, 7) is -0.0810. The molecule has 1 fully saturated rings. The first-order chi connectivity index (χ1) is 16.5. The summed E-state index contributed by atoms with van der Waals surface area (Å²) < 4.78 is 78.7. The van der Waals surface area contributed by atoms with Crippen LogP contribution in [-0.2, 0) is 27.5 Å². The minimum absolute atomic E-state index is 0.118. The number of ether oxygens (including phenoxy) is 2. The lowest BCUT2D eigenvalue weighted by molar-refractivity contribution is -0.137. The number of aromatic nitrogens is 1. The third kappa shape index (κ3) is 5.48. The number of halogens is 4. The fourth-order valence-corrected chi connectivity index (χ4v) is 5.89. The Morgan fingerprint density at radius 2 is 1.97 bits per heavy atom. The Labute approximate surface area is 204 Å². The van der Waals surface area contributed by atoms with Gasteiger partial charge in [-0.3, -0.25) is 4.79 Å². The van der Waals surface area contributed by atoms with Gasteiger partial charge < -0.3 is 14.5 Å². The number of nitrogens with one attached hydrogen (secondary N) is 1. The second kappa shape index (κ2) is 9.81. The van der Waals surface area contributed by atoms with Crippen LogP contribution >= 0.6 is 11.6 Å². The van der Waals surface area contributed by atoms with Crippen molar-refractivity contribution in [3.8, 4) is 5.75 Å². The van der Waals surface area contributed by atoms with E-state index in [2.05, 4.69) is 4.98 Å². The Hall–Kier alpha value is -2.60. The average molecular weight is 531 g/mol. The Bertz CT molecular complexity index is 1400. The van der Waals surface area contributed by atoms with E-state index < -0.39 is 38.3 Å². The molecule has 0 saturated carbocycles. The molecular weight excluding hydrogens is 509 g/mol. The van der Waals surface area contributed by atoms with Gasteiger partial charge in [-0.25, -0.2) is 8.42 Å². The molecule has 188 valence electrons. The quantitative estimate of drug-likeness (QED) is 0.483. The molecule has 1 N–H and O–H groups in total. The van der Waals surface area contributed by atoms with Gasteiger partial charge in [0.2, 0.25) is 10.0 Å². The van der Waals surface area contributed by atoms with E-state index in [1.807, 2.05) is 0 Å². The second-order valence-corrected chi connectivity index (χ2v) is 10.5. The molecule has 1 aliphatic heterocycles. The number of hydrogen-bond donors (Lipinski definition) is 1. The van der Waals surface area contributed by atoms with Crippen LogP contribution in [0, 0.1) is 0 Å². The maximum Gasteiger partial charge on any atom is 0.416 e. The van der Waals surface area contributed by atoms with Crippen LogP contribution in [0.1, 0.15) is 24.0 Å². The molecule has 2 aromatic carbocycles. The minimum Gasteiger partial charge on any atom is -0.497 e. The van der Waals surface area contributed by atoms with Crippen LogP contribution in [0.5, 0.6) is 5.75 Å². The number of alkyl halides is 3. The van der Waals surface area contributed by atoms with Crippen LogP contribution in [0.15, 0.2) is 52.2 Å². The van der Waals surface area contributed by atoms with Crippen molar-refractivity contribution in [2.75, 3.05) is 20.3 Å². The highest BCUT2D eigenvalue weighted by molar-refractivity contribution is 7.89. The third-order valence-corrected chi connectivity index (χ3v) is 8.08. The van der Waals surface area contributed by atoms with E-state index in [0.717, 1.165) is 16.8 Å². The number of nitrogens with zero attached hydrogens (tertiary/aromatic N) is 1. The van der Waals surface area contributed by atoms with Gasteiger partial charge in [-0.05, 0) is 54.6 Å². The third-order valence-electron chi connectivity index (χ3n) is 5.78. The van der Waals surface area contributed by atoms with Crippen LogP contribution in [0.2, 0.25) is 5.02 Å². The normalized spacial score (nSPS) is 16.8. The van der Waals surface area contributed by atoms with E-state index in [-0.39, 0.29) is 23.7 Å². The number of pyridine rings is 1. The first-order valence-corrected chi connectivity index (χ1v) is 12.5. The zero-order chi connectivity index (χ0) is 25.4. The first-order valence-electron chi connectivity index (χ1n) is 10.7. The van der Waals surface area contributed by atoms with Gasteiger partial charge in [-0.2, -0.15) is 17.5 Å². The Morgan fingerprint density at radius 3 is 2.63 bits per heavy atom. The second-order valence-electron chi connectivity index (χ2n) is 8.15. The molecule has 0 amide bonds. The molecule has 1 atom stereocenters. The lowest BCUT2D eigenvalue weighted by Crippen LogP contribution is -2.38. The molecule has 1 aliphatic rings. The fourth-order valence-electron chi connectivity index (χ4n) is 3.94. The predicted octanol–water partition coefficient (Wildman–Crippen LogP) is 4.58. The smallest absolute Gasteiger partial charge is 0.416 e. The monoisotopic (exact) mass is 530 g/mol. The molecule has 1 saturated heterocycles. The number of hydrogen-bond acceptors (Lipinski definition) is 5. The van der Waals surface area contributed by atoms with Gasteiger partial charge in [0.05, 0.1) is 29.3 Å². The highest BCUT2D eigenvalue weighted by atomic mass is 35.5. The number of H-pyrrole nitrogens is 1. The molecule has 12 heteroatoms. The molecular formula is C23H22ClF3N2O5S. The van der Waals surface area contributed by atoms with Crippen molar-refractivity contribution in [1.29, 1.82) is 0 Å². The summed E-state index contributed by atoms with van der Waals surface area (Å²) in [5.41, 5.74) is -1.07. The van der Waals surface area contributed by atoms with Crippen molar-refractivity contribution in [1.82, 2.24) is 9.29 Å². The predicted molar refractivity (Wildman–Crippen MR) is 124 cm³/mol. The summed E-state index contributed by atoms with van der Waals surface area (Å²) in [6.07, 6.45) is -3.92. The maximum atomic E-state index is 13.6. The number of fused-ring (bicyclic) bond motifs is 1. The van der Waals surface area contributed by atoms with Gasteiger partial charge in [-0.15, -0.1) is 0 Å². The van der Waals surface area contributed by atoms with Crippen LogP contribution in [0.25, 0.3) is 10.9 Å². The van der Waals surface area contributed by atoms with E-state index in [9.17, 15) is 26.4 Å². The molecule has 0 radical (unpaired) electrons. The average Bonchev–Trinajstić information content (AvgIpc) is 3.31. The lowest BCUT2D eigenvalue weighted by Gasteiger charge is -2.25. The fraction of sp³-hybridized carbons (Fsp3) is 0.348. The summed E-state index contributed by atoms with van der Waals surface area (Å²) in [4.78, 5) is 14.8. The largest absolute Gasteiger partial charge is 0.497 e. The standard InChI is InChI=1S/C23H22ClF3N2O5S/c1-33-17-6-4-14-9-15(22(30)28-20(14)11-17)12-29(13-18-3-2-8-34-18)35(31,32)21-10-16(23(25,26)27)5-7-19(21)24/h4-7,9-11,18H,2-3,8,12-13H2,1H3,(H,28,30)/t18-/m0/s1. The zero-order valence-electron chi connectivity index (χ0n) is 18.6. The van der Waals surface area contributed by atoms with Crippen LogP contribution in [0.4, 0.5) is 13.2 Å². The Balaban J connectivity index is 1.77. The highest BCUT2D eigenvalue weighted by Gasteiger charge is 2.36. The number of sulfonamides is 1. The van der Waals surface area contributed by atoms with E-state index in [4.69, 9.17) is 21.1 Å². The van der Waals surface area contributed by atoms with Gasteiger partial charge in [-0.1, -0.05) is 11.6 Å². The molecule has 4 rings (SSSR count). The number of benzene rings is 2. The molecule has 3 aromatic rings. The van der Waals surface area contributed by atoms with Crippen molar-refractivity contribution in [3.63, 3.8) is 0 Å². The van der Waals surface area contributed by atoms with E-state index >= 15 is 0 Å². The van der Waals surface area contributed by atoms with E-state index in [1.54, 1.807) is 24.3 Å². The molecule has 2 heterocycles. The van der Waals surface area contributed by atoms with Crippen LogP contribution in [0.3, 0.4) is 0 Å². The summed E-state index contributed by atoms with van der Waals surface area (Å²) in [6, 6.07) is 8.69. The van der Waals surface area contributed by atoms with Gasteiger partial charge in [0.15, 0.2) is 0 Å². The van der Waals surface area contributed by atoms with Gasteiger partial charge >= 0.3 is 6.18 Å². The molecule has 0 aliphatic carbocycles. The molecule has 0 unspecified atom stereocenters. The van der Waals surface area contributed by atoms with Crippen LogP contribution < -0.4 is 10.3 Å². The lowest BCUT2D eigenvalue weighted by atomic mass is 10.1. The molecule has 0 spiro atoms. The van der Waals surface area contributed by atoms with E-state index in [1.165, 1.54) is 7.11 Å². The topological polar surface area (TPSA) is 88.7 Å². The summed E-state index contributed by atoms with van der Waals surface area (Å²) in [5, 5.41) is 0.279. The first kappa shape index (κ1) is 25.5. The molecule has 1 aromatic heterocycles. The molecule has 7 nitrogen and oxygen atoms in total. The summed E-state index contributed by atoms with van der Waals surface area (Å²) in [7, 11) is -3.05. The van der Waals surface area contributed by atoms with Gasteiger partial charge in [0.25, 0.3) is 5.56 Å². The SMILES string of the molecule is COc1ccc2cc(CN(C[C@@H]3CCCO3)S(=O)(=O)c3cc(C(F)(F)F)ccc3Cl)c(=O)[nH]c2c1. The summed E-state index contributed by atoms with van der Waals surface area (Å²) >= 11 is 6.05. The molecule has 0 bridgehead atoms. The molecule has 35 heavy (non-hydrogen) atoms. The van der Waals surface area contributed by atoms with Crippen molar-refractivity contribution >= 4 is 32.5 Å². The Morgan fingerprint density at radius 1 is 1.20 bits per heavy atom. The minimum atomic E-state index is -4.76. The van der Waals surface area contributed by atoms with Crippen molar-refractivity contribution in [2.24, 2.45) is 0 Å². The van der Waals surface area contributed by atoms with Gasteiger partial charge in [0, 0.05) is 31.3 Å². The Kier molecular flexibility index (Phi) is 7.14. The highest BCUT2D eigenvalue weighted by Crippen LogP contribution is 2.35. The van der Waals surface area contributed by atoms with Crippen molar-refractivity contribution in [2.45, 2.75) is 36.6 Å². The van der Waals surface area contributed by atoms with Crippen molar-refractivity contribution in [3.05, 3.63) is 69.0 Å². The number of aromatic amines is 1. The summed E-state index contributed by atoms with van der Waals surface area (Å²) in [5.74, 6) is 0.530.